The Morgan fingerprint density at radius 1 is 0.671 bits per heavy atom. The topological polar surface area (TPSA) is 228 Å². The second-order valence-electron chi connectivity index (χ2n) is 16.7. The first kappa shape index (κ1) is 52.8. The fourth-order valence-electron chi connectivity index (χ4n) is 8.95. The summed E-state index contributed by atoms with van der Waals surface area (Å²) in [5.41, 5.74) is 0.933. The van der Waals surface area contributed by atoms with E-state index in [2.05, 4.69) is 22.6 Å². The van der Waals surface area contributed by atoms with Gasteiger partial charge in [0.2, 0.25) is 0 Å². The molecule has 382 valence electrons. The zero-order valence-electron chi connectivity index (χ0n) is 40.3. The number of methoxy groups -OCH3 is 4. The highest BCUT2D eigenvalue weighted by atomic mass is 16.7. The van der Waals surface area contributed by atoms with Crippen LogP contribution in [-0.2, 0) is 38.0 Å². The van der Waals surface area contributed by atoms with E-state index in [0.717, 1.165) is 30.6 Å². The number of rotatable bonds is 18. The van der Waals surface area contributed by atoms with Gasteiger partial charge >= 0.3 is 24.1 Å². The van der Waals surface area contributed by atoms with Gasteiger partial charge in [-0.25, -0.2) is 19.4 Å². The van der Waals surface area contributed by atoms with Gasteiger partial charge in [-0.3, -0.25) is 19.2 Å². The van der Waals surface area contributed by atoms with Crippen molar-refractivity contribution >= 4 is 47.3 Å². The van der Waals surface area contributed by atoms with Crippen molar-refractivity contribution in [1.82, 2.24) is 9.80 Å². The van der Waals surface area contributed by atoms with Gasteiger partial charge in [-0.05, 0) is 69.9 Å². The molecule has 3 fully saturated rings. The zero-order chi connectivity index (χ0) is 50.3. The minimum Gasteiger partial charge on any atom is -0.493 e. The number of benzene rings is 2. The van der Waals surface area contributed by atoms with E-state index in [1.54, 1.807) is 21.9 Å². The van der Waals surface area contributed by atoms with Gasteiger partial charge in [0.05, 0.1) is 76.2 Å². The summed E-state index contributed by atoms with van der Waals surface area (Å²) in [6.45, 7) is 9.08. The molecule has 2 aromatic carbocycles. The fourth-order valence-corrected chi connectivity index (χ4v) is 8.95. The third-order valence-electron chi connectivity index (χ3n) is 12.3. The van der Waals surface area contributed by atoms with Crippen LogP contribution in [0.5, 0.6) is 23.0 Å². The van der Waals surface area contributed by atoms with E-state index in [1.165, 1.54) is 57.6 Å². The van der Waals surface area contributed by atoms with Crippen molar-refractivity contribution in [3.8, 4) is 23.0 Å². The SMILES string of the molecule is C=CCOC(=O)N1c2cc(OCCCC(=O)OC)c(OC)cc2C(=O)N2CCC[C@H]2C1O.C=CCOC(=O)N1c2cc(OCCCC(=O)OC)c(OC)cc2C(=O)N2CCC[C@H]2C1OC1CCCCO1. The molecule has 21 heteroatoms. The average molecular weight is 981 g/mol. The molecule has 4 amide bonds. The molecule has 0 spiro atoms. The van der Waals surface area contributed by atoms with Crippen molar-refractivity contribution in [3.63, 3.8) is 0 Å². The van der Waals surface area contributed by atoms with Gasteiger partial charge in [0.15, 0.2) is 41.7 Å². The van der Waals surface area contributed by atoms with Crippen LogP contribution >= 0.6 is 0 Å². The van der Waals surface area contributed by atoms with E-state index in [1.807, 2.05) is 0 Å². The van der Waals surface area contributed by atoms with Crippen LogP contribution in [0.4, 0.5) is 21.0 Å². The fraction of sp³-hybridized carbons (Fsp3) is 0.551. The molecule has 0 saturated carbocycles. The Labute approximate surface area is 407 Å². The lowest BCUT2D eigenvalue weighted by atomic mass is 10.1. The number of aliphatic hydroxyl groups excluding tert-OH is 1. The smallest absolute Gasteiger partial charge is 0.416 e. The maximum Gasteiger partial charge on any atom is 0.416 e. The second kappa shape index (κ2) is 25.3. The predicted octanol–water partition coefficient (Wildman–Crippen LogP) is 5.74. The van der Waals surface area contributed by atoms with Gasteiger partial charge in [0.25, 0.3) is 11.8 Å². The van der Waals surface area contributed by atoms with Crippen LogP contribution in [-0.4, -0.2) is 156 Å². The third-order valence-corrected chi connectivity index (χ3v) is 12.3. The lowest BCUT2D eigenvalue weighted by Crippen LogP contribution is -2.54. The first-order valence-electron chi connectivity index (χ1n) is 23.4. The molecule has 0 aliphatic carbocycles. The highest BCUT2D eigenvalue weighted by molar-refractivity contribution is 6.07. The summed E-state index contributed by atoms with van der Waals surface area (Å²) in [4.78, 5) is 82.0. The molecule has 0 aromatic heterocycles. The lowest BCUT2D eigenvalue weighted by Gasteiger charge is -2.38. The molecule has 5 atom stereocenters. The lowest BCUT2D eigenvalue weighted by molar-refractivity contribution is -0.195. The maximum absolute atomic E-state index is 13.8. The number of esters is 2. The van der Waals surface area contributed by atoms with Gasteiger partial charge in [-0.1, -0.05) is 25.3 Å². The van der Waals surface area contributed by atoms with Gasteiger partial charge < -0.3 is 62.3 Å². The number of hydrogen-bond acceptors (Lipinski definition) is 17. The van der Waals surface area contributed by atoms with Crippen LogP contribution in [0.25, 0.3) is 0 Å². The maximum atomic E-state index is 13.8. The summed E-state index contributed by atoms with van der Waals surface area (Å²) in [5, 5.41) is 11.1. The van der Waals surface area contributed by atoms with Crippen molar-refractivity contribution in [2.75, 3.05) is 84.4 Å². The first-order valence-corrected chi connectivity index (χ1v) is 23.4. The molecule has 0 radical (unpaired) electrons. The normalized spacial score (nSPS) is 21.2. The number of hydrogen-bond donors (Lipinski definition) is 1. The molecule has 21 nitrogen and oxygen atoms in total. The molecule has 3 saturated heterocycles. The molecule has 70 heavy (non-hydrogen) atoms. The molecular weight excluding hydrogens is 917 g/mol. The minimum absolute atomic E-state index is 0.00726. The number of nitrogens with zero attached hydrogens (tertiary/aromatic N) is 4. The summed E-state index contributed by atoms with van der Waals surface area (Å²) >= 11 is 0. The number of fused-ring (bicyclic) bond motifs is 4. The van der Waals surface area contributed by atoms with Crippen molar-refractivity contribution in [2.24, 2.45) is 0 Å². The summed E-state index contributed by atoms with van der Waals surface area (Å²) in [6, 6.07) is 5.21. The summed E-state index contributed by atoms with van der Waals surface area (Å²) < 4.78 is 54.9. The number of carbonyl (C=O) groups excluding carboxylic acids is 6. The molecule has 3 unspecified atom stereocenters. The Balaban J connectivity index is 0.000000233. The van der Waals surface area contributed by atoms with E-state index in [-0.39, 0.29) is 91.6 Å². The van der Waals surface area contributed by atoms with Crippen LogP contribution in [0, 0.1) is 0 Å². The molecule has 5 aliphatic rings. The quantitative estimate of drug-likeness (QED) is 0.0813. The summed E-state index contributed by atoms with van der Waals surface area (Å²) in [5.74, 6) is -0.0177. The van der Waals surface area contributed by atoms with Gasteiger partial charge in [0, 0.05) is 44.7 Å². The van der Waals surface area contributed by atoms with E-state index < -0.39 is 37.0 Å². The van der Waals surface area contributed by atoms with Crippen LogP contribution in [0.15, 0.2) is 49.6 Å². The zero-order valence-corrected chi connectivity index (χ0v) is 40.3. The first-order chi connectivity index (χ1) is 33.9. The third kappa shape index (κ3) is 12.2. The Bertz CT molecular complexity index is 2220. The number of ether oxygens (including phenoxy) is 10. The Kier molecular flexibility index (Phi) is 19.1. The van der Waals surface area contributed by atoms with E-state index in [4.69, 9.17) is 37.9 Å². The molecule has 2 aromatic rings. The van der Waals surface area contributed by atoms with E-state index in [0.29, 0.717) is 74.7 Å². The second-order valence-corrected chi connectivity index (χ2v) is 16.7. The van der Waals surface area contributed by atoms with Gasteiger partial charge in [-0.15, -0.1) is 0 Å². The van der Waals surface area contributed by atoms with Crippen molar-refractivity contribution in [1.29, 1.82) is 0 Å². The Morgan fingerprint density at radius 3 is 1.66 bits per heavy atom. The monoisotopic (exact) mass is 980 g/mol. The van der Waals surface area contributed by atoms with Crippen molar-refractivity contribution in [3.05, 3.63) is 60.7 Å². The van der Waals surface area contributed by atoms with E-state index in [9.17, 15) is 33.9 Å². The largest absolute Gasteiger partial charge is 0.493 e. The Hall–Kier alpha value is -6.58. The number of anilines is 2. The molecule has 5 aliphatic heterocycles. The minimum atomic E-state index is -1.29. The molecule has 1 N–H and O–H groups in total. The molecule has 0 bridgehead atoms. The van der Waals surface area contributed by atoms with Crippen molar-refractivity contribution < 1.29 is 81.2 Å². The number of aliphatic hydroxyl groups is 1. The summed E-state index contributed by atoms with van der Waals surface area (Å²) in [7, 11) is 5.56. The van der Waals surface area contributed by atoms with Crippen LogP contribution < -0.4 is 28.7 Å². The van der Waals surface area contributed by atoms with Gasteiger partial charge in [0.1, 0.15) is 13.2 Å². The molecule has 5 heterocycles. The van der Waals surface area contributed by atoms with Crippen LogP contribution in [0.2, 0.25) is 0 Å². The number of amides is 4. The van der Waals surface area contributed by atoms with Crippen molar-refractivity contribution in [2.45, 2.75) is 101 Å². The average Bonchev–Trinajstić information content (AvgIpc) is 4.06. The van der Waals surface area contributed by atoms with E-state index >= 15 is 0 Å². The highest BCUT2D eigenvalue weighted by Gasteiger charge is 2.48. The molecule has 7 rings (SSSR count). The van der Waals surface area contributed by atoms with Crippen LogP contribution in [0.3, 0.4) is 0 Å². The predicted molar refractivity (Wildman–Crippen MR) is 250 cm³/mol. The standard InChI is InChI=1S/C27H36N2O9.C22H28N2O8/c1-4-13-37-27(32)29-20-17-22(35-15-8-10-23(30)34-3)21(33-2)16-18(20)25(31)28-12-7-9-19(28)26(29)38-24-11-5-6-14-36-24;1-4-10-32-22(28)24-16-13-18(31-11-6-8-19(25)30-3)17(29-2)12-14(16)20(26)23-9-5-7-15(23)21(24)27/h4,16-17,19,24,26H,1,5-15H2,2-3H3;4,12-13,15,21,27H,1,5-11H2,2-3H3/t19-,24?,26?;15-,21?/m00/s1. The van der Waals surface area contributed by atoms with Gasteiger partial charge in [-0.2, -0.15) is 0 Å². The number of carbonyl (C=O) groups is 6. The molecular formula is C49H64N4O17. The highest BCUT2D eigenvalue weighted by Crippen LogP contribution is 2.44. The summed E-state index contributed by atoms with van der Waals surface area (Å²) in [6.07, 6.45) is 5.28. The Morgan fingerprint density at radius 2 is 1.17 bits per heavy atom. The van der Waals surface area contributed by atoms with Crippen LogP contribution in [0.1, 0.15) is 91.3 Å².